The molecule has 3 atom stereocenters. The molecule has 11 heavy (non-hydrogen) atoms. The van der Waals surface area contributed by atoms with Gasteiger partial charge < -0.3 is 5.11 Å². The standard InChI is InChI=1S/C10H16O/c1-7(11)10-6-8-4-2-3-5-9(8)10/h6-9,11H,2-5H2,1H3. The Labute approximate surface area is 68.1 Å². The maximum absolute atomic E-state index is 9.34. The topological polar surface area (TPSA) is 20.2 Å². The lowest BCUT2D eigenvalue weighted by Gasteiger charge is -2.41. The van der Waals surface area contributed by atoms with Crippen molar-refractivity contribution in [1.29, 1.82) is 0 Å². The smallest absolute Gasteiger partial charge is 0.0724 e. The quantitative estimate of drug-likeness (QED) is 0.570. The second-order valence-corrected chi connectivity index (χ2v) is 3.90. The molecule has 2 rings (SSSR count). The summed E-state index contributed by atoms with van der Waals surface area (Å²) in [6, 6.07) is 0. The lowest BCUT2D eigenvalue weighted by atomic mass is 9.65. The van der Waals surface area contributed by atoms with E-state index in [0.717, 1.165) is 11.8 Å². The zero-order valence-electron chi connectivity index (χ0n) is 7.09. The second-order valence-electron chi connectivity index (χ2n) is 3.90. The Morgan fingerprint density at radius 1 is 1.45 bits per heavy atom. The second kappa shape index (κ2) is 2.63. The summed E-state index contributed by atoms with van der Waals surface area (Å²) < 4.78 is 0. The average molecular weight is 152 g/mol. The molecule has 0 aromatic heterocycles. The van der Waals surface area contributed by atoms with Gasteiger partial charge >= 0.3 is 0 Å². The first-order valence-corrected chi connectivity index (χ1v) is 4.68. The van der Waals surface area contributed by atoms with Gasteiger partial charge in [0.05, 0.1) is 6.10 Å². The Morgan fingerprint density at radius 3 is 2.82 bits per heavy atom. The average Bonchev–Trinajstić information content (AvgIpc) is 1.90. The Bertz CT molecular complexity index is 181. The minimum atomic E-state index is -0.186. The highest BCUT2D eigenvalue weighted by atomic mass is 16.3. The predicted octanol–water partition coefficient (Wildman–Crippen LogP) is 2.11. The normalized spacial score (nSPS) is 38.5. The van der Waals surface area contributed by atoms with Gasteiger partial charge in [-0.1, -0.05) is 18.9 Å². The van der Waals surface area contributed by atoms with Crippen molar-refractivity contribution in [2.45, 2.75) is 38.7 Å². The van der Waals surface area contributed by atoms with E-state index in [1.54, 1.807) is 0 Å². The Hall–Kier alpha value is -0.300. The molecule has 0 amide bonds. The number of allylic oxidation sites excluding steroid dienone is 1. The van der Waals surface area contributed by atoms with E-state index in [9.17, 15) is 5.11 Å². The fraction of sp³-hybridized carbons (Fsp3) is 0.800. The molecule has 1 saturated carbocycles. The van der Waals surface area contributed by atoms with Gasteiger partial charge in [0, 0.05) is 0 Å². The van der Waals surface area contributed by atoms with E-state index < -0.39 is 0 Å². The van der Waals surface area contributed by atoms with E-state index >= 15 is 0 Å². The number of hydrogen-bond acceptors (Lipinski definition) is 1. The van der Waals surface area contributed by atoms with Gasteiger partial charge in [-0.3, -0.25) is 0 Å². The van der Waals surface area contributed by atoms with Crippen molar-refractivity contribution in [3.05, 3.63) is 11.6 Å². The van der Waals surface area contributed by atoms with Gasteiger partial charge in [-0.25, -0.2) is 0 Å². The van der Waals surface area contributed by atoms with E-state index in [2.05, 4.69) is 6.08 Å². The molecular weight excluding hydrogens is 136 g/mol. The van der Waals surface area contributed by atoms with Gasteiger partial charge in [0.15, 0.2) is 0 Å². The monoisotopic (exact) mass is 152 g/mol. The summed E-state index contributed by atoms with van der Waals surface area (Å²) >= 11 is 0. The highest BCUT2D eigenvalue weighted by Gasteiger charge is 2.35. The van der Waals surface area contributed by atoms with Gasteiger partial charge in [0.25, 0.3) is 0 Å². The molecule has 0 aromatic carbocycles. The highest BCUT2D eigenvalue weighted by Crippen LogP contribution is 2.45. The van der Waals surface area contributed by atoms with Crippen LogP contribution in [0.3, 0.4) is 0 Å². The Balaban J connectivity index is 2.05. The van der Waals surface area contributed by atoms with Gasteiger partial charge in [0.2, 0.25) is 0 Å². The third kappa shape index (κ3) is 1.12. The number of aliphatic hydroxyl groups is 1. The van der Waals surface area contributed by atoms with Crippen LogP contribution >= 0.6 is 0 Å². The summed E-state index contributed by atoms with van der Waals surface area (Å²) in [6.07, 6.45) is 7.54. The lowest BCUT2D eigenvalue weighted by molar-refractivity contribution is 0.170. The van der Waals surface area contributed by atoms with Crippen LogP contribution < -0.4 is 0 Å². The minimum Gasteiger partial charge on any atom is -0.389 e. The summed E-state index contributed by atoms with van der Waals surface area (Å²) in [5.74, 6) is 1.58. The molecule has 0 spiro atoms. The molecule has 0 saturated heterocycles. The number of hydrogen-bond donors (Lipinski definition) is 1. The van der Waals surface area contributed by atoms with E-state index in [-0.39, 0.29) is 6.10 Å². The molecule has 1 heteroatoms. The fourth-order valence-electron chi connectivity index (χ4n) is 2.47. The SMILES string of the molecule is CC(O)C1=CC2CCCCC12. The number of fused-ring (bicyclic) bond motifs is 1. The molecule has 2 aliphatic carbocycles. The van der Waals surface area contributed by atoms with Crippen LogP contribution in [0.1, 0.15) is 32.6 Å². The molecule has 0 aromatic rings. The van der Waals surface area contributed by atoms with Crippen molar-refractivity contribution >= 4 is 0 Å². The minimum absolute atomic E-state index is 0.186. The summed E-state index contributed by atoms with van der Waals surface area (Å²) in [5.41, 5.74) is 1.31. The molecule has 1 fully saturated rings. The van der Waals surface area contributed by atoms with Crippen LogP contribution in [-0.4, -0.2) is 11.2 Å². The van der Waals surface area contributed by atoms with E-state index in [1.807, 2.05) is 6.92 Å². The third-order valence-electron chi connectivity index (χ3n) is 3.14. The third-order valence-corrected chi connectivity index (χ3v) is 3.14. The molecule has 0 radical (unpaired) electrons. The number of aliphatic hydroxyl groups excluding tert-OH is 1. The van der Waals surface area contributed by atoms with Crippen molar-refractivity contribution in [2.75, 3.05) is 0 Å². The fourth-order valence-corrected chi connectivity index (χ4v) is 2.47. The van der Waals surface area contributed by atoms with Crippen LogP contribution in [0.5, 0.6) is 0 Å². The molecule has 1 nitrogen and oxygen atoms in total. The van der Waals surface area contributed by atoms with Crippen molar-refractivity contribution in [2.24, 2.45) is 11.8 Å². The predicted molar refractivity (Wildman–Crippen MR) is 45.2 cm³/mol. The highest BCUT2D eigenvalue weighted by molar-refractivity contribution is 5.26. The van der Waals surface area contributed by atoms with E-state index in [4.69, 9.17) is 0 Å². The zero-order chi connectivity index (χ0) is 7.84. The molecular formula is C10H16O. The van der Waals surface area contributed by atoms with Crippen molar-refractivity contribution < 1.29 is 5.11 Å². The van der Waals surface area contributed by atoms with Crippen molar-refractivity contribution in [3.63, 3.8) is 0 Å². The zero-order valence-corrected chi connectivity index (χ0v) is 7.09. The maximum atomic E-state index is 9.34. The summed E-state index contributed by atoms with van der Waals surface area (Å²) in [4.78, 5) is 0. The lowest BCUT2D eigenvalue weighted by Crippen LogP contribution is -2.33. The summed E-state index contributed by atoms with van der Waals surface area (Å²) in [6.45, 7) is 1.89. The van der Waals surface area contributed by atoms with Gasteiger partial charge in [-0.2, -0.15) is 0 Å². The summed E-state index contributed by atoms with van der Waals surface area (Å²) in [7, 11) is 0. The largest absolute Gasteiger partial charge is 0.389 e. The Morgan fingerprint density at radius 2 is 2.18 bits per heavy atom. The molecule has 0 heterocycles. The van der Waals surface area contributed by atoms with E-state index in [0.29, 0.717) is 0 Å². The first kappa shape index (κ1) is 7.35. The van der Waals surface area contributed by atoms with Crippen LogP contribution in [0.15, 0.2) is 11.6 Å². The number of rotatable bonds is 1. The van der Waals surface area contributed by atoms with Crippen molar-refractivity contribution in [1.82, 2.24) is 0 Å². The molecule has 2 aliphatic rings. The van der Waals surface area contributed by atoms with Gasteiger partial charge in [-0.05, 0) is 37.2 Å². The van der Waals surface area contributed by atoms with Crippen LogP contribution in [0.2, 0.25) is 0 Å². The maximum Gasteiger partial charge on any atom is 0.0724 e. The molecule has 0 aliphatic heterocycles. The van der Waals surface area contributed by atoms with Crippen LogP contribution in [0, 0.1) is 11.8 Å². The van der Waals surface area contributed by atoms with Crippen LogP contribution in [0.4, 0.5) is 0 Å². The summed E-state index contributed by atoms with van der Waals surface area (Å²) in [5, 5.41) is 9.34. The molecule has 62 valence electrons. The molecule has 0 bridgehead atoms. The van der Waals surface area contributed by atoms with Gasteiger partial charge in [0.1, 0.15) is 0 Å². The molecule has 1 N–H and O–H groups in total. The van der Waals surface area contributed by atoms with Crippen LogP contribution in [-0.2, 0) is 0 Å². The van der Waals surface area contributed by atoms with E-state index in [1.165, 1.54) is 31.3 Å². The first-order valence-electron chi connectivity index (χ1n) is 4.68. The van der Waals surface area contributed by atoms with Gasteiger partial charge in [-0.15, -0.1) is 0 Å². The van der Waals surface area contributed by atoms with Crippen LogP contribution in [0.25, 0.3) is 0 Å². The Kier molecular flexibility index (Phi) is 1.76. The van der Waals surface area contributed by atoms with Crippen molar-refractivity contribution in [3.8, 4) is 0 Å². The molecule has 3 unspecified atom stereocenters. The first-order chi connectivity index (χ1) is 5.29.